The van der Waals surface area contributed by atoms with Gasteiger partial charge < -0.3 is 17.0 Å². The third-order valence-corrected chi connectivity index (χ3v) is 1.72. The number of hydrogen-bond donors (Lipinski definition) is 0. The Morgan fingerprint density at radius 3 is 2.00 bits per heavy atom. The van der Waals surface area contributed by atoms with E-state index in [1.165, 1.54) is 38.5 Å². The van der Waals surface area contributed by atoms with E-state index < -0.39 is 0 Å². The fourth-order valence-corrected chi connectivity index (χ4v) is 1.04. The van der Waals surface area contributed by atoms with Gasteiger partial charge in [0.05, 0.1) is 0 Å². The van der Waals surface area contributed by atoms with Crippen LogP contribution in [0.15, 0.2) is 6.08 Å². The Kier molecular flexibility index (Phi) is 27.6. The van der Waals surface area contributed by atoms with Crippen molar-refractivity contribution < 1.29 is 36.5 Å². The van der Waals surface area contributed by atoms with E-state index in [4.69, 9.17) is 6.58 Å². The first-order chi connectivity index (χ1) is 4.91. The number of rotatable bonds is 7. The van der Waals surface area contributed by atoms with Gasteiger partial charge in [0.15, 0.2) is 0 Å². The van der Waals surface area contributed by atoms with Gasteiger partial charge in [-0.2, -0.15) is 0 Å². The van der Waals surface area contributed by atoms with Crippen molar-refractivity contribution in [3.05, 3.63) is 12.7 Å². The number of allylic oxidation sites excluding steroid dienone is 1. The van der Waals surface area contributed by atoms with Gasteiger partial charge in [-0.3, -0.25) is 0 Å². The van der Waals surface area contributed by atoms with Gasteiger partial charge >= 0.3 is 0 Å². The van der Waals surface area contributed by atoms with Crippen molar-refractivity contribution >= 4 is 0 Å². The monoisotopic (exact) mass is 282 g/mol. The SMILES string of the molecule is [Br-].[CH]=CCCCCCCCC.[Zn]. The molecule has 69 valence electrons. The molecule has 12 heavy (non-hydrogen) atoms. The van der Waals surface area contributed by atoms with Gasteiger partial charge in [0.1, 0.15) is 0 Å². The van der Waals surface area contributed by atoms with Crippen LogP contribution in [0, 0.1) is 6.58 Å². The van der Waals surface area contributed by atoms with Crippen LogP contribution in [0.3, 0.4) is 0 Å². The molecule has 0 saturated carbocycles. The third-order valence-electron chi connectivity index (χ3n) is 1.72. The van der Waals surface area contributed by atoms with Crippen LogP contribution in [-0.2, 0) is 19.5 Å². The van der Waals surface area contributed by atoms with Crippen molar-refractivity contribution in [2.45, 2.75) is 51.9 Å². The van der Waals surface area contributed by atoms with E-state index in [0.29, 0.717) is 0 Å². The number of hydrogen-bond acceptors (Lipinski definition) is 0. The van der Waals surface area contributed by atoms with Crippen molar-refractivity contribution in [3.8, 4) is 0 Å². The fraction of sp³-hybridized carbons (Fsp3) is 0.800. The molecule has 0 unspecified atom stereocenters. The van der Waals surface area contributed by atoms with E-state index in [1.807, 2.05) is 0 Å². The quantitative estimate of drug-likeness (QED) is 0.478. The van der Waals surface area contributed by atoms with Crippen molar-refractivity contribution in [1.29, 1.82) is 0 Å². The molecule has 0 heterocycles. The molecule has 0 amide bonds. The van der Waals surface area contributed by atoms with E-state index >= 15 is 0 Å². The summed E-state index contributed by atoms with van der Waals surface area (Å²) in [6, 6.07) is 0. The van der Waals surface area contributed by atoms with E-state index in [-0.39, 0.29) is 36.5 Å². The standard InChI is InChI=1S/C10H19.BrH.Zn/c1-3-5-7-9-10-8-6-4-2;;/h1,3H,4-10H2,2H3;1H;/p-1. The topological polar surface area (TPSA) is 0 Å². The first kappa shape index (κ1) is 18.6. The van der Waals surface area contributed by atoms with Crippen LogP contribution in [-0.4, -0.2) is 0 Å². The Morgan fingerprint density at radius 1 is 1.00 bits per heavy atom. The molecule has 0 rings (SSSR count). The normalized spacial score (nSPS) is 8.08. The molecule has 0 aromatic heterocycles. The molecule has 0 aliphatic carbocycles. The molecule has 0 aromatic rings. The molecular formula is C10H19BrZn-. The van der Waals surface area contributed by atoms with Crippen LogP contribution in [0.1, 0.15) is 51.9 Å². The van der Waals surface area contributed by atoms with Crippen molar-refractivity contribution in [2.75, 3.05) is 0 Å². The van der Waals surface area contributed by atoms with Gasteiger partial charge in [-0.05, 0) is 12.8 Å². The van der Waals surface area contributed by atoms with Crippen LogP contribution >= 0.6 is 0 Å². The predicted octanol–water partition coefficient (Wildman–Crippen LogP) is 0.728. The minimum absolute atomic E-state index is 0. The van der Waals surface area contributed by atoms with Gasteiger partial charge in [0.25, 0.3) is 0 Å². The second-order valence-corrected chi connectivity index (χ2v) is 2.79. The smallest absolute Gasteiger partial charge is 0 e. The van der Waals surface area contributed by atoms with E-state index in [9.17, 15) is 0 Å². The summed E-state index contributed by atoms with van der Waals surface area (Å²) in [4.78, 5) is 0. The molecule has 0 atom stereocenters. The summed E-state index contributed by atoms with van der Waals surface area (Å²) in [5.41, 5.74) is 0. The summed E-state index contributed by atoms with van der Waals surface area (Å²) in [7, 11) is 0. The third kappa shape index (κ3) is 17.1. The maximum absolute atomic E-state index is 5.24. The Bertz CT molecular complexity index is 74.2. The zero-order valence-electron chi connectivity index (χ0n) is 8.19. The van der Waals surface area contributed by atoms with Gasteiger partial charge in [-0.1, -0.05) is 51.7 Å². The average Bonchev–Trinajstić information content (AvgIpc) is 1.97. The van der Waals surface area contributed by atoms with Gasteiger partial charge in [-0.15, -0.1) is 0 Å². The maximum Gasteiger partial charge on any atom is 0 e. The Labute approximate surface area is 101 Å². The molecule has 0 N–H and O–H groups in total. The fourth-order valence-electron chi connectivity index (χ4n) is 1.04. The molecule has 0 nitrogen and oxygen atoms in total. The van der Waals surface area contributed by atoms with Crippen LogP contribution in [0.25, 0.3) is 0 Å². The van der Waals surface area contributed by atoms with Crippen LogP contribution < -0.4 is 17.0 Å². The Hall–Kier alpha value is 0.843. The minimum Gasteiger partial charge on any atom is -1.00 e. The van der Waals surface area contributed by atoms with Crippen LogP contribution in [0.5, 0.6) is 0 Å². The van der Waals surface area contributed by atoms with Gasteiger partial charge in [0, 0.05) is 19.5 Å². The molecule has 0 bridgehead atoms. The Morgan fingerprint density at radius 2 is 1.50 bits per heavy atom. The van der Waals surface area contributed by atoms with Gasteiger partial charge in [0.2, 0.25) is 0 Å². The molecule has 2 heteroatoms. The van der Waals surface area contributed by atoms with Crippen molar-refractivity contribution in [2.24, 2.45) is 0 Å². The first-order valence-corrected chi connectivity index (χ1v) is 4.45. The summed E-state index contributed by atoms with van der Waals surface area (Å²) >= 11 is 0. The first-order valence-electron chi connectivity index (χ1n) is 4.45. The molecule has 0 spiro atoms. The molecule has 0 saturated heterocycles. The van der Waals surface area contributed by atoms with Gasteiger partial charge in [-0.25, -0.2) is 0 Å². The van der Waals surface area contributed by atoms with E-state index in [2.05, 4.69) is 6.92 Å². The second kappa shape index (κ2) is 17.8. The average molecular weight is 285 g/mol. The molecule has 1 radical (unpaired) electrons. The number of halogens is 1. The summed E-state index contributed by atoms with van der Waals surface area (Å²) in [5.74, 6) is 0. The molecular weight excluding hydrogens is 265 g/mol. The molecule has 0 aliphatic rings. The van der Waals surface area contributed by atoms with Crippen molar-refractivity contribution in [3.63, 3.8) is 0 Å². The molecule has 0 aromatic carbocycles. The summed E-state index contributed by atoms with van der Waals surface area (Å²) in [6.45, 7) is 7.49. The Balaban J connectivity index is -0.000000405. The van der Waals surface area contributed by atoms with E-state index in [0.717, 1.165) is 6.42 Å². The summed E-state index contributed by atoms with van der Waals surface area (Å²) in [6.07, 6.45) is 11.0. The van der Waals surface area contributed by atoms with Crippen LogP contribution in [0.4, 0.5) is 0 Å². The van der Waals surface area contributed by atoms with E-state index in [1.54, 1.807) is 6.08 Å². The summed E-state index contributed by atoms with van der Waals surface area (Å²) in [5, 5.41) is 0. The maximum atomic E-state index is 5.24. The van der Waals surface area contributed by atoms with Crippen molar-refractivity contribution in [1.82, 2.24) is 0 Å². The minimum atomic E-state index is 0. The molecule has 0 aliphatic heterocycles. The molecule has 0 fully saturated rings. The zero-order valence-corrected chi connectivity index (χ0v) is 12.7. The predicted molar refractivity (Wildman–Crippen MR) is 46.9 cm³/mol. The van der Waals surface area contributed by atoms with Crippen LogP contribution in [0.2, 0.25) is 0 Å². The zero-order chi connectivity index (χ0) is 7.66. The largest absolute Gasteiger partial charge is 1.00 e. The summed E-state index contributed by atoms with van der Waals surface area (Å²) < 4.78 is 0. The second-order valence-electron chi connectivity index (χ2n) is 2.79. The number of unbranched alkanes of at least 4 members (excludes halogenated alkanes) is 6.